The first-order valence-corrected chi connectivity index (χ1v) is 11.9. The number of imidazole rings is 1. The van der Waals surface area contributed by atoms with Gasteiger partial charge in [0.1, 0.15) is 23.5 Å². The van der Waals surface area contributed by atoms with Crippen molar-refractivity contribution in [3.8, 4) is 17.3 Å². The summed E-state index contributed by atoms with van der Waals surface area (Å²) in [4.78, 5) is 22.1. The molecule has 0 aliphatic heterocycles. The molecule has 2 aromatic carbocycles. The van der Waals surface area contributed by atoms with Crippen LogP contribution < -0.4 is 20.5 Å². The number of nitrogens with one attached hydrogen (secondary N) is 1. The fourth-order valence-corrected chi connectivity index (χ4v) is 4.16. The molecule has 0 radical (unpaired) electrons. The van der Waals surface area contributed by atoms with Crippen molar-refractivity contribution in [2.24, 2.45) is 5.73 Å². The number of carbonyl (C=O) groups is 1. The van der Waals surface area contributed by atoms with E-state index in [1.54, 1.807) is 51.7 Å². The fourth-order valence-electron chi connectivity index (χ4n) is 3.96. The van der Waals surface area contributed by atoms with E-state index in [0.29, 0.717) is 52.2 Å². The molecule has 10 heteroatoms. The average Bonchev–Trinajstić information content (AvgIpc) is 3.30. The molecular weight excluding hydrogens is 482 g/mol. The summed E-state index contributed by atoms with van der Waals surface area (Å²) in [5.74, 6) is 1.59. The molecule has 0 saturated carbocycles. The molecule has 9 nitrogen and oxygen atoms in total. The van der Waals surface area contributed by atoms with Gasteiger partial charge in [-0.15, -0.1) is 0 Å². The molecule has 0 aliphatic rings. The first-order valence-electron chi connectivity index (χ1n) is 11.5. The number of nitrogens with two attached hydrogens (primary N) is 1. The second-order valence-corrected chi connectivity index (χ2v) is 8.36. The van der Waals surface area contributed by atoms with Crippen LogP contribution in [-0.4, -0.2) is 47.9 Å². The molecule has 1 unspecified atom stereocenters. The van der Waals surface area contributed by atoms with Gasteiger partial charge in [-0.25, -0.2) is 14.8 Å². The number of methoxy groups -OCH3 is 2. The standard InChI is InChI=1S/C26H28ClN5O4/c1-4-36-26(33)18-8-9-24(32-15-29-20-13-22(34-2)23(35-3)14-21(20)32)31-25(18)30-19(10-11-28)16-6-5-7-17(27)12-16/h5-9,12-15,19H,4,10-11,28H2,1-3H3,(H,30,31). The average molecular weight is 510 g/mol. The Bertz CT molecular complexity index is 1370. The van der Waals surface area contributed by atoms with Crippen molar-refractivity contribution in [3.63, 3.8) is 0 Å². The number of rotatable bonds is 10. The second-order valence-electron chi connectivity index (χ2n) is 7.93. The van der Waals surface area contributed by atoms with E-state index in [4.69, 9.17) is 36.5 Å². The molecule has 188 valence electrons. The van der Waals surface area contributed by atoms with Crippen molar-refractivity contribution < 1.29 is 19.0 Å². The molecule has 0 aliphatic carbocycles. The third-order valence-corrected chi connectivity index (χ3v) is 5.93. The Morgan fingerprint density at radius 2 is 1.92 bits per heavy atom. The van der Waals surface area contributed by atoms with Crippen LogP contribution in [0.2, 0.25) is 5.02 Å². The van der Waals surface area contributed by atoms with E-state index in [9.17, 15) is 4.79 Å². The summed E-state index contributed by atoms with van der Waals surface area (Å²) in [6.45, 7) is 2.43. The number of carbonyl (C=O) groups excluding carboxylic acids is 1. The van der Waals surface area contributed by atoms with Crippen LogP contribution in [0.4, 0.5) is 5.82 Å². The van der Waals surface area contributed by atoms with Crippen LogP contribution in [0.25, 0.3) is 16.9 Å². The van der Waals surface area contributed by atoms with Gasteiger partial charge in [0, 0.05) is 17.2 Å². The van der Waals surface area contributed by atoms with Gasteiger partial charge in [0.05, 0.1) is 37.9 Å². The molecule has 1 atom stereocenters. The molecule has 0 fully saturated rings. The predicted octanol–water partition coefficient (Wildman–Crippen LogP) is 4.77. The zero-order valence-corrected chi connectivity index (χ0v) is 21.1. The maximum atomic E-state index is 12.8. The van der Waals surface area contributed by atoms with Gasteiger partial charge in [0.25, 0.3) is 0 Å². The highest BCUT2D eigenvalue weighted by Crippen LogP contribution is 2.33. The predicted molar refractivity (Wildman–Crippen MR) is 139 cm³/mol. The molecule has 0 bridgehead atoms. The molecule has 4 aromatic rings. The van der Waals surface area contributed by atoms with Crippen LogP contribution in [0.15, 0.2) is 54.9 Å². The highest BCUT2D eigenvalue weighted by atomic mass is 35.5. The molecule has 0 spiro atoms. The van der Waals surface area contributed by atoms with Crippen molar-refractivity contribution >= 4 is 34.4 Å². The normalized spacial score (nSPS) is 11.8. The van der Waals surface area contributed by atoms with Gasteiger partial charge in [0.15, 0.2) is 11.5 Å². The number of ether oxygens (including phenoxy) is 3. The van der Waals surface area contributed by atoms with Crippen molar-refractivity contribution in [2.45, 2.75) is 19.4 Å². The van der Waals surface area contributed by atoms with E-state index in [2.05, 4.69) is 10.3 Å². The van der Waals surface area contributed by atoms with Crippen molar-refractivity contribution in [3.05, 3.63) is 71.0 Å². The Labute approximate surface area is 214 Å². The minimum absolute atomic E-state index is 0.228. The number of esters is 1. The third kappa shape index (κ3) is 5.22. The Balaban J connectivity index is 1.81. The van der Waals surface area contributed by atoms with Crippen molar-refractivity contribution in [2.75, 3.05) is 32.7 Å². The van der Waals surface area contributed by atoms with E-state index in [0.717, 1.165) is 11.1 Å². The Kier molecular flexibility index (Phi) is 7.92. The SMILES string of the molecule is CCOC(=O)c1ccc(-n2cnc3cc(OC)c(OC)cc32)nc1NC(CCN)c1cccc(Cl)c1. The van der Waals surface area contributed by atoms with Gasteiger partial charge in [-0.3, -0.25) is 4.57 Å². The second kappa shape index (κ2) is 11.3. The maximum Gasteiger partial charge on any atom is 0.341 e. The number of aromatic nitrogens is 3. The minimum Gasteiger partial charge on any atom is -0.493 e. The lowest BCUT2D eigenvalue weighted by Gasteiger charge is -2.21. The summed E-state index contributed by atoms with van der Waals surface area (Å²) in [5.41, 5.74) is 8.62. The number of pyridine rings is 1. The Morgan fingerprint density at radius 3 is 2.61 bits per heavy atom. The van der Waals surface area contributed by atoms with Crippen LogP contribution in [0.3, 0.4) is 0 Å². The zero-order chi connectivity index (χ0) is 25.7. The van der Waals surface area contributed by atoms with Gasteiger partial charge in [-0.05, 0) is 49.7 Å². The van der Waals surface area contributed by atoms with Gasteiger partial charge in [-0.2, -0.15) is 0 Å². The first kappa shape index (κ1) is 25.3. The molecular formula is C26H28ClN5O4. The topological polar surface area (TPSA) is 114 Å². The lowest BCUT2D eigenvalue weighted by atomic mass is 10.0. The van der Waals surface area contributed by atoms with Crippen LogP contribution in [0, 0.1) is 0 Å². The quantitative estimate of drug-likeness (QED) is 0.294. The molecule has 0 saturated heterocycles. The number of benzene rings is 2. The molecule has 36 heavy (non-hydrogen) atoms. The summed E-state index contributed by atoms with van der Waals surface area (Å²) in [5, 5.41) is 4.00. The van der Waals surface area contributed by atoms with Gasteiger partial charge >= 0.3 is 5.97 Å². The fraction of sp³-hybridized carbons (Fsp3) is 0.269. The number of halogens is 1. The van der Waals surface area contributed by atoms with E-state index in [-0.39, 0.29) is 12.6 Å². The van der Waals surface area contributed by atoms with Crippen molar-refractivity contribution in [1.29, 1.82) is 0 Å². The zero-order valence-electron chi connectivity index (χ0n) is 20.3. The number of hydrogen-bond acceptors (Lipinski definition) is 8. The summed E-state index contributed by atoms with van der Waals surface area (Å²) in [7, 11) is 3.15. The first-order chi connectivity index (χ1) is 17.5. The molecule has 4 rings (SSSR count). The van der Waals surface area contributed by atoms with Crippen LogP contribution in [0.5, 0.6) is 11.5 Å². The monoisotopic (exact) mass is 509 g/mol. The molecule has 0 amide bonds. The number of nitrogens with zero attached hydrogens (tertiary/aromatic N) is 3. The lowest BCUT2D eigenvalue weighted by Crippen LogP contribution is -2.19. The third-order valence-electron chi connectivity index (χ3n) is 5.69. The summed E-state index contributed by atoms with van der Waals surface area (Å²) < 4.78 is 17.9. The smallest absolute Gasteiger partial charge is 0.341 e. The van der Waals surface area contributed by atoms with Gasteiger partial charge in [-0.1, -0.05) is 23.7 Å². The van der Waals surface area contributed by atoms with E-state index in [1.807, 2.05) is 28.8 Å². The van der Waals surface area contributed by atoms with Gasteiger partial charge in [0.2, 0.25) is 0 Å². The summed E-state index contributed by atoms with van der Waals surface area (Å²) in [6.07, 6.45) is 2.26. The largest absolute Gasteiger partial charge is 0.493 e. The Morgan fingerprint density at radius 1 is 1.14 bits per heavy atom. The molecule has 3 N–H and O–H groups in total. The highest BCUT2D eigenvalue weighted by Gasteiger charge is 2.21. The van der Waals surface area contributed by atoms with E-state index >= 15 is 0 Å². The lowest BCUT2D eigenvalue weighted by molar-refractivity contribution is 0.0527. The van der Waals surface area contributed by atoms with Crippen LogP contribution >= 0.6 is 11.6 Å². The molecule has 2 heterocycles. The molecule has 2 aromatic heterocycles. The van der Waals surface area contributed by atoms with Gasteiger partial charge < -0.3 is 25.3 Å². The number of anilines is 1. The summed E-state index contributed by atoms with van der Waals surface area (Å²) >= 11 is 6.23. The van der Waals surface area contributed by atoms with Crippen molar-refractivity contribution in [1.82, 2.24) is 14.5 Å². The summed E-state index contributed by atoms with van der Waals surface area (Å²) in [6, 6.07) is 14.3. The van der Waals surface area contributed by atoms with E-state index < -0.39 is 5.97 Å². The minimum atomic E-state index is -0.474. The Hall–Kier alpha value is -3.82. The number of hydrogen-bond donors (Lipinski definition) is 2. The van der Waals surface area contributed by atoms with Crippen LogP contribution in [-0.2, 0) is 4.74 Å². The van der Waals surface area contributed by atoms with E-state index in [1.165, 1.54) is 0 Å². The number of fused-ring (bicyclic) bond motifs is 1. The maximum absolute atomic E-state index is 12.8. The van der Waals surface area contributed by atoms with Crippen LogP contribution in [0.1, 0.15) is 35.3 Å². The highest BCUT2D eigenvalue weighted by molar-refractivity contribution is 6.30.